The van der Waals surface area contributed by atoms with Crippen molar-refractivity contribution in [2.75, 3.05) is 26.4 Å². The number of hydrogen-bond acceptors (Lipinski definition) is 4. The molecule has 0 unspecified atom stereocenters. The van der Waals surface area contributed by atoms with E-state index in [0.717, 1.165) is 122 Å². The van der Waals surface area contributed by atoms with Gasteiger partial charge in [-0.15, -0.1) is 0 Å². The van der Waals surface area contributed by atoms with Gasteiger partial charge < -0.3 is 18.9 Å². The van der Waals surface area contributed by atoms with Gasteiger partial charge in [0.15, 0.2) is 0 Å². The first-order valence-corrected chi connectivity index (χ1v) is 43.5. The molecule has 0 bridgehead atoms. The Bertz CT molecular complexity index is 3490. The lowest BCUT2D eigenvalue weighted by molar-refractivity contribution is 0.286. The quantitative estimate of drug-likeness (QED) is 0.0358. The van der Waals surface area contributed by atoms with E-state index in [1.54, 1.807) is 0 Å². The molecule has 0 aliphatic heterocycles. The third kappa shape index (κ3) is 22.3. The third-order valence-electron chi connectivity index (χ3n) is 25.7. The monoisotopic (exact) mass is 1400 g/mol. The Morgan fingerprint density at radius 3 is 0.798 bits per heavy atom. The van der Waals surface area contributed by atoms with Crippen molar-refractivity contribution in [2.24, 2.45) is 23.7 Å². The first kappa shape index (κ1) is 77.1. The fourth-order valence-electron chi connectivity index (χ4n) is 19.0. The van der Waals surface area contributed by atoms with Gasteiger partial charge in [0.25, 0.3) is 0 Å². The van der Waals surface area contributed by atoms with Crippen LogP contribution in [0.2, 0.25) is 0 Å². The first-order chi connectivity index (χ1) is 51.4. The smallest absolute Gasteiger partial charge is 0.127 e. The van der Waals surface area contributed by atoms with Gasteiger partial charge in [-0.2, -0.15) is 0 Å². The molecular weight excluding hydrogens is 1270 g/mol. The molecule has 0 heterocycles. The molecular formula is C100H134O4. The number of rotatable bonds is 41. The maximum absolute atomic E-state index is 7.13. The highest BCUT2D eigenvalue weighted by Gasteiger charge is 2.28. The minimum atomic E-state index is 0.642. The first-order valence-electron chi connectivity index (χ1n) is 43.5. The molecule has 4 saturated carbocycles. The molecule has 0 saturated heterocycles. The van der Waals surface area contributed by atoms with Gasteiger partial charge in [0.05, 0.1) is 26.4 Å². The molecule has 104 heavy (non-hydrogen) atoms. The molecule has 0 aromatic heterocycles. The molecule has 4 aliphatic carbocycles. The second-order valence-electron chi connectivity index (χ2n) is 33.2. The van der Waals surface area contributed by atoms with Crippen molar-refractivity contribution < 1.29 is 18.9 Å². The van der Waals surface area contributed by atoms with Crippen molar-refractivity contribution in [3.05, 3.63) is 180 Å². The van der Waals surface area contributed by atoms with Gasteiger partial charge in [0.1, 0.15) is 23.0 Å². The van der Waals surface area contributed by atoms with E-state index in [2.05, 4.69) is 185 Å². The van der Waals surface area contributed by atoms with Crippen molar-refractivity contribution >= 4 is 21.5 Å². The highest BCUT2D eigenvalue weighted by Crippen LogP contribution is 2.49. The van der Waals surface area contributed by atoms with Crippen LogP contribution in [0.1, 0.15) is 330 Å². The van der Waals surface area contributed by atoms with E-state index in [1.807, 2.05) is 0 Å². The van der Waals surface area contributed by atoms with Crippen molar-refractivity contribution in [3.8, 4) is 56.4 Å². The molecule has 558 valence electrons. The van der Waals surface area contributed by atoms with Gasteiger partial charge in [-0.3, -0.25) is 0 Å². The van der Waals surface area contributed by atoms with Gasteiger partial charge in [-0.1, -0.05) is 240 Å². The highest BCUT2D eigenvalue weighted by atomic mass is 16.5. The molecule has 4 heteroatoms. The van der Waals surface area contributed by atoms with Gasteiger partial charge >= 0.3 is 0 Å². The summed E-state index contributed by atoms with van der Waals surface area (Å²) < 4.78 is 27.0. The Hall–Kier alpha value is -6.52. The van der Waals surface area contributed by atoms with Crippen LogP contribution in [-0.4, -0.2) is 26.4 Å². The molecule has 0 amide bonds. The minimum Gasteiger partial charge on any atom is -0.494 e. The number of ether oxygens (including phenoxy) is 4. The maximum Gasteiger partial charge on any atom is 0.127 e. The molecule has 8 aromatic carbocycles. The zero-order valence-electron chi connectivity index (χ0n) is 65.4. The highest BCUT2D eigenvalue weighted by molar-refractivity contribution is 6.11. The molecule has 4 nitrogen and oxygen atoms in total. The number of hydrogen-bond donors (Lipinski definition) is 0. The second kappa shape index (κ2) is 41.6. The largest absolute Gasteiger partial charge is 0.494 e. The van der Waals surface area contributed by atoms with Crippen LogP contribution >= 0.6 is 0 Å². The van der Waals surface area contributed by atoms with Crippen LogP contribution in [0.4, 0.5) is 0 Å². The molecule has 0 radical (unpaired) electrons. The van der Waals surface area contributed by atoms with Crippen molar-refractivity contribution in [2.45, 2.75) is 308 Å². The lowest BCUT2D eigenvalue weighted by Crippen LogP contribution is -2.13. The van der Waals surface area contributed by atoms with E-state index >= 15 is 0 Å². The van der Waals surface area contributed by atoms with Crippen molar-refractivity contribution in [3.63, 3.8) is 0 Å². The van der Waals surface area contributed by atoms with Crippen LogP contribution in [-0.2, 0) is 0 Å². The molecule has 8 aromatic rings. The Balaban J connectivity index is 0.739. The Morgan fingerprint density at radius 1 is 0.240 bits per heavy atom. The van der Waals surface area contributed by atoms with E-state index in [0.29, 0.717) is 36.9 Å². The summed E-state index contributed by atoms with van der Waals surface area (Å²) in [6.45, 7) is 12.1. The summed E-state index contributed by atoms with van der Waals surface area (Å²) in [4.78, 5) is 0. The van der Waals surface area contributed by atoms with E-state index in [9.17, 15) is 0 Å². The lowest BCUT2D eigenvalue weighted by Gasteiger charge is -2.29. The van der Waals surface area contributed by atoms with Gasteiger partial charge in [-0.25, -0.2) is 0 Å². The molecule has 0 atom stereocenters. The predicted molar refractivity (Wildman–Crippen MR) is 445 cm³/mol. The number of benzene rings is 8. The lowest BCUT2D eigenvalue weighted by atomic mass is 9.77. The predicted octanol–water partition coefficient (Wildman–Crippen LogP) is 30.4. The topological polar surface area (TPSA) is 36.9 Å². The average molecular weight is 1400 g/mol. The summed E-state index contributed by atoms with van der Waals surface area (Å²) in [7, 11) is 0. The molecule has 4 fully saturated rings. The van der Waals surface area contributed by atoms with Crippen LogP contribution in [0.15, 0.2) is 158 Å². The maximum atomic E-state index is 7.13. The van der Waals surface area contributed by atoms with E-state index in [1.165, 1.54) is 272 Å². The van der Waals surface area contributed by atoms with Crippen LogP contribution in [0.25, 0.3) is 54.9 Å². The summed E-state index contributed by atoms with van der Waals surface area (Å²) in [5.41, 5.74) is 13.3. The SMILES string of the molecule is CCCCCC1CCC(c2ccc(OCCCCCCOc3ccc4cc(-c5ccc(C6CCC(CCCCC)CC6)cc5)ccc4c3-c3c(OCCCCCCOc4ccc(C5CCC(CCCCC)CC5)cc4)ccc4cc(-c5ccc(C6CCC(CCCCC)CC6)cc5)ccc34)cc2)CC1. The summed E-state index contributed by atoms with van der Waals surface area (Å²) in [6.07, 6.45) is 52.2. The molecule has 4 aliphatic rings. The van der Waals surface area contributed by atoms with Crippen LogP contribution in [0.3, 0.4) is 0 Å². The Morgan fingerprint density at radius 2 is 0.510 bits per heavy atom. The van der Waals surface area contributed by atoms with E-state index in [4.69, 9.17) is 18.9 Å². The molecule has 12 rings (SSSR count). The summed E-state index contributed by atoms with van der Waals surface area (Å²) in [5.74, 6) is 10.3. The fourth-order valence-corrected chi connectivity index (χ4v) is 19.0. The van der Waals surface area contributed by atoms with Crippen LogP contribution in [0, 0.1) is 23.7 Å². The van der Waals surface area contributed by atoms with Gasteiger partial charge in [0.2, 0.25) is 0 Å². The van der Waals surface area contributed by atoms with Gasteiger partial charge in [-0.05, 0) is 316 Å². The van der Waals surface area contributed by atoms with Crippen molar-refractivity contribution in [1.82, 2.24) is 0 Å². The molecule has 0 spiro atoms. The summed E-state index contributed by atoms with van der Waals surface area (Å²) in [5, 5.41) is 4.80. The normalized spacial score (nSPS) is 20.8. The fraction of sp³-hybridized carbons (Fsp3) is 0.560. The zero-order valence-corrected chi connectivity index (χ0v) is 65.4. The van der Waals surface area contributed by atoms with Crippen molar-refractivity contribution in [1.29, 1.82) is 0 Å². The number of unbranched alkanes of at least 4 members (excludes halogenated alkanes) is 14. The van der Waals surface area contributed by atoms with E-state index < -0.39 is 0 Å². The Kier molecular flexibility index (Phi) is 30.8. The zero-order chi connectivity index (χ0) is 71.3. The van der Waals surface area contributed by atoms with Gasteiger partial charge in [0, 0.05) is 11.1 Å². The number of fused-ring (bicyclic) bond motifs is 2. The third-order valence-corrected chi connectivity index (χ3v) is 25.7. The van der Waals surface area contributed by atoms with Crippen LogP contribution < -0.4 is 18.9 Å². The van der Waals surface area contributed by atoms with Crippen LogP contribution in [0.5, 0.6) is 23.0 Å². The standard InChI is InChI=1S/C100H134O4/c1-5-9-17-25-75-29-37-79(38-30-75)83-45-49-87(50-46-83)89-57-65-95-91(73-89)59-67-97(103-71-23-15-13-21-69-101-93-61-53-85(54-62-93)81-41-33-77(34-42-81)27-19-11-7-3)99(95)100-96-66-58-90(88-51-47-84(48-52-88)80-39-31-76(32-40-80)26-18-10-6-2)74-92(96)60-68-98(100)104-72-24-16-14-22-70-102-94-63-55-86(56-64-94)82-43-35-78(36-44-82)28-20-12-8-4/h45-68,73-82H,5-44,69-72H2,1-4H3. The average Bonchev–Trinajstić information content (AvgIpc) is 0.745. The Labute approximate surface area is 631 Å². The summed E-state index contributed by atoms with van der Waals surface area (Å²) in [6, 6.07) is 61.0. The minimum absolute atomic E-state index is 0.642. The second-order valence-corrected chi connectivity index (χ2v) is 33.2. The molecule has 0 N–H and O–H groups in total. The van der Waals surface area contributed by atoms with E-state index in [-0.39, 0.29) is 0 Å². The summed E-state index contributed by atoms with van der Waals surface area (Å²) >= 11 is 0.